The summed E-state index contributed by atoms with van der Waals surface area (Å²) in [5.41, 5.74) is 13.9. The fourth-order valence-electron chi connectivity index (χ4n) is 4.51. The van der Waals surface area contributed by atoms with Crippen LogP contribution < -0.4 is 25.7 Å². The van der Waals surface area contributed by atoms with Crippen molar-refractivity contribution >= 4 is 41.9 Å². The first-order valence-electron chi connectivity index (χ1n) is 11.8. The summed E-state index contributed by atoms with van der Waals surface area (Å²) in [6.45, 7) is 1.70. The minimum absolute atomic E-state index is 0. The second-order valence-corrected chi connectivity index (χ2v) is 9.15. The number of ether oxygens (including phenoxy) is 3. The van der Waals surface area contributed by atoms with Crippen molar-refractivity contribution in [2.45, 2.75) is 44.8 Å². The predicted octanol–water partition coefficient (Wildman–Crippen LogP) is 4.55. The van der Waals surface area contributed by atoms with Gasteiger partial charge in [-0.1, -0.05) is 11.6 Å². The Bertz CT molecular complexity index is 1010. The number of nitrogens with zero attached hydrogens (tertiary/aromatic N) is 1. The number of anilines is 1. The van der Waals surface area contributed by atoms with Gasteiger partial charge < -0.3 is 30.5 Å². The first-order chi connectivity index (χ1) is 16.9. The summed E-state index contributed by atoms with van der Waals surface area (Å²) in [5.74, 6) is 1.60. The predicted molar refractivity (Wildman–Crippen MR) is 143 cm³/mol. The fourth-order valence-corrected chi connectivity index (χ4v) is 4.68. The molecule has 0 aromatic heterocycles. The molecule has 1 amide bonds. The molecule has 1 unspecified atom stereocenters. The van der Waals surface area contributed by atoms with Crippen LogP contribution in [0.1, 0.15) is 49.3 Å². The lowest BCUT2D eigenvalue weighted by Crippen LogP contribution is -2.40. The van der Waals surface area contributed by atoms with Crippen molar-refractivity contribution in [2.24, 2.45) is 11.7 Å². The molecular formula is C26H35Cl2N3O5. The Kier molecular flexibility index (Phi) is 11.6. The van der Waals surface area contributed by atoms with Gasteiger partial charge in [-0.2, -0.15) is 0 Å². The molecule has 8 nitrogen and oxygen atoms in total. The number of amides is 1. The molecular weight excluding hydrogens is 505 g/mol. The highest BCUT2D eigenvalue weighted by atomic mass is 35.5. The van der Waals surface area contributed by atoms with Crippen LogP contribution in [-0.2, 0) is 16.2 Å². The summed E-state index contributed by atoms with van der Waals surface area (Å²) in [7, 11) is 3.20. The average Bonchev–Trinajstić information content (AvgIpc) is 2.87. The van der Waals surface area contributed by atoms with E-state index in [9.17, 15) is 9.59 Å². The fraction of sp³-hybridized carbons (Fsp3) is 0.462. The Hall–Kier alpha value is -2.68. The topological polar surface area (TPSA) is 117 Å². The van der Waals surface area contributed by atoms with Gasteiger partial charge in [0.15, 0.2) is 0 Å². The van der Waals surface area contributed by atoms with Crippen LogP contribution in [0.15, 0.2) is 30.3 Å². The minimum atomic E-state index is -0.254. The van der Waals surface area contributed by atoms with Crippen molar-refractivity contribution in [3.05, 3.63) is 46.5 Å². The van der Waals surface area contributed by atoms with Gasteiger partial charge in [0.2, 0.25) is 5.91 Å². The first kappa shape index (κ1) is 29.5. The van der Waals surface area contributed by atoms with Crippen LogP contribution in [0.2, 0.25) is 5.02 Å². The lowest BCUT2D eigenvalue weighted by molar-refractivity contribution is -0.123. The number of aldehydes is 1. The number of carbonyl (C=O) groups excluding carboxylic acids is 2. The highest BCUT2D eigenvalue weighted by molar-refractivity contribution is 6.33. The molecule has 1 aliphatic rings. The van der Waals surface area contributed by atoms with Crippen LogP contribution in [-0.4, -0.2) is 44.4 Å². The van der Waals surface area contributed by atoms with Crippen molar-refractivity contribution < 1.29 is 23.8 Å². The zero-order valence-corrected chi connectivity index (χ0v) is 22.3. The number of likely N-dealkylation sites (tertiary alicyclic amines) is 1. The molecule has 3 rings (SSSR count). The molecule has 2 aromatic rings. The van der Waals surface area contributed by atoms with Crippen LogP contribution in [0.5, 0.6) is 17.2 Å². The molecule has 1 heterocycles. The van der Waals surface area contributed by atoms with Gasteiger partial charge in [0, 0.05) is 36.1 Å². The van der Waals surface area contributed by atoms with Crippen LogP contribution >= 0.6 is 24.0 Å². The number of halogens is 2. The maximum absolute atomic E-state index is 11.7. The van der Waals surface area contributed by atoms with Crippen molar-refractivity contribution in [2.75, 3.05) is 33.0 Å². The maximum atomic E-state index is 11.7. The van der Waals surface area contributed by atoms with Gasteiger partial charge in [-0.25, -0.2) is 0 Å². The van der Waals surface area contributed by atoms with Gasteiger partial charge >= 0.3 is 0 Å². The number of carbonyl (C=O) groups is 2. The summed E-state index contributed by atoms with van der Waals surface area (Å²) in [4.78, 5) is 25.0. The third-order valence-electron chi connectivity index (χ3n) is 6.47. The number of hydrogen-bond acceptors (Lipinski definition) is 7. The minimum Gasteiger partial charge on any atom is -0.497 e. The Balaban J connectivity index is 0.00000456. The Morgan fingerprint density at radius 1 is 1.14 bits per heavy atom. The zero-order valence-electron chi connectivity index (χ0n) is 20.7. The normalized spacial score (nSPS) is 15.0. The molecule has 0 saturated carbocycles. The van der Waals surface area contributed by atoms with Crippen molar-refractivity contribution in [1.29, 1.82) is 0 Å². The second kappa shape index (κ2) is 14.2. The van der Waals surface area contributed by atoms with Crippen LogP contribution in [0.25, 0.3) is 0 Å². The van der Waals surface area contributed by atoms with E-state index in [1.807, 2.05) is 18.2 Å². The second-order valence-electron chi connectivity index (χ2n) is 8.75. The Labute approximate surface area is 223 Å². The molecule has 4 N–H and O–H groups in total. The number of methoxy groups -OCH3 is 2. The molecule has 0 radical (unpaired) electrons. The number of hydrogen-bond donors (Lipinski definition) is 2. The molecule has 36 heavy (non-hydrogen) atoms. The third kappa shape index (κ3) is 7.66. The number of unbranched alkanes of at least 4 members (excludes halogenated alkanes) is 1. The van der Waals surface area contributed by atoms with Crippen molar-refractivity contribution in [3.8, 4) is 17.2 Å². The van der Waals surface area contributed by atoms with Crippen molar-refractivity contribution in [1.82, 2.24) is 4.90 Å². The average molecular weight is 540 g/mol. The monoisotopic (exact) mass is 539 g/mol. The van der Waals surface area contributed by atoms with Gasteiger partial charge in [-0.3, -0.25) is 9.69 Å². The molecule has 2 aromatic carbocycles. The van der Waals surface area contributed by atoms with E-state index in [0.717, 1.165) is 30.3 Å². The number of rotatable bonds is 12. The Morgan fingerprint density at radius 3 is 2.33 bits per heavy atom. The molecule has 10 heteroatoms. The molecule has 0 bridgehead atoms. The SMILES string of the molecule is COc1cc(COc2cc(N)c(Cl)cc2C(CCCC=O)N2CCC(C(N)=O)CC2)cc(OC)c1.Cl. The molecule has 1 atom stereocenters. The van der Waals surface area contributed by atoms with E-state index < -0.39 is 0 Å². The summed E-state index contributed by atoms with van der Waals surface area (Å²) >= 11 is 6.44. The number of piperidine rings is 1. The van der Waals surface area contributed by atoms with Gasteiger partial charge in [0.25, 0.3) is 0 Å². The van der Waals surface area contributed by atoms with E-state index in [0.29, 0.717) is 60.3 Å². The van der Waals surface area contributed by atoms with E-state index in [4.69, 9.17) is 37.3 Å². The molecule has 1 aliphatic heterocycles. The highest BCUT2D eigenvalue weighted by Crippen LogP contribution is 2.40. The highest BCUT2D eigenvalue weighted by Gasteiger charge is 2.30. The quantitative estimate of drug-likeness (QED) is 0.231. The maximum Gasteiger partial charge on any atom is 0.220 e. The van der Waals surface area contributed by atoms with Crippen LogP contribution in [0.4, 0.5) is 5.69 Å². The number of benzene rings is 2. The molecule has 1 fully saturated rings. The van der Waals surface area contributed by atoms with E-state index in [-0.39, 0.29) is 36.9 Å². The van der Waals surface area contributed by atoms with E-state index in [1.54, 1.807) is 26.4 Å². The number of nitrogen functional groups attached to an aromatic ring is 1. The van der Waals surface area contributed by atoms with Gasteiger partial charge in [-0.05, 0) is 62.5 Å². The summed E-state index contributed by atoms with van der Waals surface area (Å²) < 4.78 is 17.0. The molecule has 0 spiro atoms. The molecule has 198 valence electrons. The number of primary amides is 1. The van der Waals surface area contributed by atoms with E-state index in [2.05, 4.69) is 4.90 Å². The summed E-state index contributed by atoms with van der Waals surface area (Å²) in [6.07, 6.45) is 4.25. The third-order valence-corrected chi connectivity index (χ3v) is 6.79. The first-order valence-corrected chi connectivity index (χ1v) is 12.1. The van der Waals surface area contributed by atoms with E-state index >= 15 is 0 Å². The zero-order chi connectivity index (χ0) is 25.4. The van der Waals surface area contributed by atoms with Crippen LogP contribution in [0.3, 0.4) is 0 Å². The van der Waals surface area contributed by atoms with Gasteiger partial charge in [0.1, 0.15) is 30.1 Å². The summed E-state index contributed by atoms with van der Waals surface area (Å²) in [6, 6.07) is 9.13. The molecule has 1 saturated heterocycles. The largest absolute Gasteiger partial charge is 0.497 e. The lowest BCUT2D eigenvalue weighted by atomic mass is 9.91. The molecule has 0 aliphatic carbocycles. The van der Waals surface area contributed by atoms with E-state index in [1.165, 1.54) is 0 Å². The van der Waals surface area contributed by atoms with Crippen LogP contribution in [0, 0.1) is 5.92 Å². The standard InChI is InChI=1S/C26H34ClN3O5.ClH/c1-33-19-11-17(12-20(13-19)34-2)16-35-25-15-23(28)22(27)14-21(25)24(5-3-4-10-31)30-8-6-18(7-9-30)26(29)32;/h10-15,18,24H,3-9,16,28H2,1-2H3,(H2,29,32);1H. The van der Waals surface area contributed by atoms with Crippen molar-refractivity contribution in [3.63, 3.8) is 0 Å². The smallest absolute Gasteiger partial charge is 0.220 e. The van der Waals surface area contributed by atoms with Gasteiger partial charge in [0.05, 0.1) is 24.9 Å². The van der Waals surface area contributed by atoms with Gasteiger partial charge in [-0.15, -0.1) is 12.4 Å². The Morgan fingerprint density at radius 2 is 1.78 bits per heavy atom. The number of nitrogens with two attached hydrogens (primary N) is 2. The lowest BCUT2D eigenvalue weighted by Gasteiger charge is -2.38. The summed E-state index contributed by atoms with van der Waals surface area (Å²) in [5, 5.41) is 0.447.